The van der Waals surface area contributed by atoms with Gasteiger partial charge >= 0.3 is 0 Å². The van der Waals surface area contributed by atoms with Crippen molar-refractivity contribution in [2.24, 2.45) is 5.73 Å². The van der Waals surface area contributed by atoms with Crippen LogP contribution in [0.5, 0.6) is 0 Å². The smallest absolute Gasteiger partial charge is 0.129 e. The molecule has 0 aliphatic carbocycles. The van der Waals surface area contributed by atoms with Crippen LogP contribution in [0.25, 0.3) is 0 Å². The fourth-order valence-corrected chi connectivity index (χ4v) is 1.04. The van der Waals surface area contributed by atoms with Gasteiger partial charge in [0, 0.05) is 19.6 Å². The topological polar surface area (TPSA) is 87.7 Å². The Bertz CT molecular complexity index is 153. The summed E-state index contributed by atoms with van der Waals surface area (Å²) < 4.78 is 5.15. The first-order chi connectivity index (χ1) is 6.61. The first-order valence-electron chi connectivity index (χ1n) is 4.69. The molecule has 5 nitrogen and oxygen atoms in total. The van der Waals surface area contributed by atoms with Crippen LogP contribution < -0.4 is 11.1 Å². The van der Waals surface area contributed by atoms with Crippen molar-refractivity contribution >= 4 is 0 Å². The number of nitrogens with one attached hydrogen (secondary N) is 1. The molecule has 84 valence electrons. The van der Waals surface area contributed by atoms with Crippen LogP contribution in [-0.2, 0) is 4.74 Å². The summed E-state index contributed by atoms with van der Waals surface area (Å²) >= 11 is 0. The van der Waals surface area contributed by atoms with Crippen LogP contribution >= 0.6 is 0 Å². The zero-order chi connectivity index (χ0) is 11.0. The molecule has 0 aromatic carbocycles. The number of rotatable bonds is 8. The number of aliphatic hydroxyl groups excluding tert-OH is 2. The zero-order valence-corrected chi connectivity index (χ0v) is 8.52. The van der Waals surface area contributed by atoms with Crippen LogP contribution in [-0.4, -0.2) is 41.9 Å². The molecule has 0 fully saturated rings. The molecule has 0 aromatic rings. The first-order valence-corrected chi connectivity index (χ1v) is 4.69. The van der Waals surface area contributed by atoms with Gasteiger partial charge in [-0.3, -0.25) is 5.32 Å². The highest BCUT2D eigenvalue weighted by Crippen LogP contribution is 2.03. The van der Waals surface area contributed by atoms with Crippen LogP contribution in [0.2, 0.25) is 0 Å². The van der Waals surface area contributed by atoms with Gasteiger partial charge in [-0.2, -0.15) is 0 Å². The fourth-order valence-electron chi connectivity index (χ4n) is 1.04. The standard InChI is InChI=1S/C9H20N2O3/c1-3-5-11-8(12)6-7(9(10)13)14-4-2/h3,7-9,11-13H,1,4-6,10H2,2H3. The van der Waals surface area contributed by atoms with Gasteiger partial charge in [-0.1, -0.05) is 6.08 Å². The summed E-state index contributed by atoms with van der Waals surface area (Å²) in [4.78, 5) is 0. The largest absolute Gasteiger partial charge is 0.379 e. The van der Waals surface area contributed by atoms with E-state index < -0.39 is 18.6 Å². The number of hydrogen-bond donors (Lipinski definition) is 4. The Morgan fingerprint density at radius 3 is 2.64 bits per heavy atom. The van der Waals surface area contributed by atoms with Crippen molar-refractivity contribution in [3.8, 4) is 0 Å². The van der Waals surface area contributed by atoms with E-state index in [0.29, 0.717) is 13.2 Å². The third-order valence-electron chi connectivity index (χ3n) is 1.72. The van der Waals surface area contributed by atoms with Crippen LogP contribution in [0.4, 0.5) is 0 Å². The first kappa shape index (κ1) is 13.5. The highest BCUT2D eigenvalue weighted by molar-refractivity contribution is 4.73. The molecular formula is C9H20N2O3. The average molecular weight is 204 g/mol. The molecule has 0 aliphatic heterocycles. The number of hydrogen-bond acceptors (Lipinski definition) is 5. The van der Waals surface area contributed by atoms with Crippen molar-refractivity contribution in [3.05, 3.63) is 12.7 Å². The Labute approximate surface area is 84.6 Å². The van der Waals surface area contributed by atoms with E-state index in [4.69, 9.17) is 15.6 Å². The van der Waals surface area contributed by atoms with E-state index in [1.165, 1.54) is 0 Å². The van der Waals surface area contributed by atoms with E-state index in [0.717, 1.165) is 0 Å². The van der Waals surface area contributed by atoms with E-state index >= 15 is 0 Å². The summed E-state index contributed by atoms with van der Waals surface area (Å²) in [6.45, 7) is 6.26. The lowest BCUT2D eigenvalue weighted by Crippen LogP contribution is -2.42. The van der Waals surface area contributed by atoms with Gasteiger partial charge in [-0.05, 0) is 6.92 Å². The molecule has 0 rings (SSSR count). The molecule has 0 bridgehead atoms. The summed E-state index contributed by atoms with van der Waals surface area (Å²) in [6, 6.07) is 0. The van der Waals surface area contributed by atoms with Crippen molar-refractivity contribution in [1.82, 2.24) is 5.32 Å². The van der Waals surface area contributed by atoms with Gasteiger partial charge in [0.05, 0.1) is 0 Å². The third-order valence-corrected chi connectivity index (χ3v) is 1.72. The molecule has 0 heterocycles. The maximum atomic E-state index is 9.42. The van der Waals surface area contributed by atoms with Gasteiger partial charge in [-0.15, -0.1) is 6.58 Å². The number of nitrogens with two attached hydrogens (primary N) is 1. The van der Waals surface area contributed by atoms with Crippen LogP contribution in [0.3, 0.4) is 0 Å². The van der Waals surface area contributed by atoms with Crippen molar-refractivity contribution in [1.29, 1.82) is 0 Å². The maximum absolute atomic E-state index is 9.42. The summed E-state index contributed by atoms with van der Waals surface area (Å²) in [5, 5.41) is 21.3. The van der Waals surface area contributed by atoms with Crippen molar-refractivity contribution < 1.29 is 14.9 Å². The lowest BCUT2D eigenvalue weighted by atomic mass is 10.2. The zero-order valence-electron chi connectivity index (χ0n) is 8.52. The van der Waals surface area contributed by atoms with E-state index in [1.54, 1.807) is 13.0 Å². The van der Waals surface area contributed by atoms with Gasteiger partial charge in [0.1, 0.15) is 18.6 Å². The molecule has 14 heavy (non-hydrogen) atoms. The SMILES string of the molecule is C=CCNC(O)CC(OCC)C(N)O. The summed E-state index contributed by atoms with van der Waals surface area (Å²) in [5.41, 5.74) is 5.27. The Hall–Kier alpha value is -0.460. The second kappa shape index (κ2) is 7.90. The van der Waals surface area contributed by atoms with Crippen molar-refractivity contribution in [2.45, 2.75) is 31.9 Å². The monoisotopic (exact) mass is 204 g/mol. The molecule has 0 aliphatic rings. The fraction of sp³-hybridized carbons (Fsp3) is 0.778. The Morgan fingerprint density at radius 1 is 1.57 bits per heavy atom. The van der Waals surface area contributed by atoms with Crippen LogP contribution in [0.15, 0.2) is 12.7 Å². The van der Waals surface area contributed by atoms with Crippen LogP contribution in [0, 0.1) is 0 Å². The van der Waals surface area contributed by atoms with Gasteiger partial charge in [0.25, 0.3) is 0 Å². The van der Waals surface area contributed by atoms with E-state index in [1.807, 2.05) is 0 Å². The molecule has 0 radical (unpaired) electrons. The summed E-state index contributed by atoms with van der Waals surface area (Å²) in [7, 11) is 0. The van der Waals surface area contributed by atoms with Gasteiger partial charge in [0.15, 0.2) is 0 Å². The van der Waals surface area contributed by atoms with Crippen molar-refractivity contribution in [3.63, 3.8) is 0 Å². The number of aliphatic hydroxyl groups is 2. The molecule has 3 unspecified atom stereocenters. The molecular weight excluding hydrogens is 184 g/mol. The normalized spacial score (nSPS) is 17.4. The molecule has 0 amide bonds. The molecule has 0 saturated heterocycles. The highest BCUT2D eigenvalue weighted by atomic mass is 16.5. The van der Waals surface area contributed by atoms with E-state index in [2.05, 4.69) is 11.9 Å². The number of ether oxygens (including phenoxy) is 1. The predicted octanol–water partition coefficient (Wildman–Crippen LogP) is -0.847. The maximum Gasteiger partial charge on any atom is 0.129 e. The second-order valence-electron chi connectivity index (χ2n) is 2.93. The summed E-state index contributed by atoms with van der Waals surface area (Å²) in [6.07, 6.45) is -0.484. The second-order valence-corrected chi connectivity index (χ2v) is 2.93. The third kappa shape index (κ3) is 6.06. The van der Waals surface area contributed by atoms with Crippen molar-refractivity contribution in [2.75, 3.05) is 13.2 Å². The Morgan fingerprint density at radius 2 is 2.21 bits per heavy atom. The molecule has 3 atom stereocenters. The minimum atomic E-state index is -1.07. The molecule has 0 aromatic heterocycles. The van der Waals surface area contributed by atoms with Crippen LogP contribution in [0.1, 0.15) is 13.3 Å². The molecule has 5 heteroatoms. The van der Waals surface area contributed by atoms with E-state index in [-0.39, 0.29) is 6.42 Å². The Kier molecular flexibility index (Phi) is 7.64. The quantitative estimate of drug-likeness (QED) is 0.306. The minimum Gasteiger partial charge on any atom is -0.379 e. The molecule has 5 N–H and O–H groups in total. The van der Waals surface area contributed by atoms with Gasteiger partial charge in [0.2, 0.25) is 0 Å². The van der Waals surface area contributed by atoms with E-state index in [9.17, 15) is 5.11 Å². The Balaban J connectivity index is 3.82. The van der Waals surface area contributed by atoms with Gasteiger partial charge in [-0.25, -0.2) is 0 Å². The predicted molar refractivity (Wildman–Crippen MR) is 54.4 cm³/mol. The lowest BCUT2D eigenvalue weighted by Gasteiger charge is -2.22. The summed E-state index contributed by atoms with van der Waals surface area (Å²) in [5.74, 6) is 0. The molecule has 0 spiro atoms. The van der Waals surface area contributed by atoms with Gasteiger partial charge < -0.3 is 20.7 Å². The highest BCUT2D eigenvalue weighted by Gasteiger charge is 2.19. The molecule has 0 saturated carbocycles. The minimum absolute atomic E-state index is 0.249. The average Bonchev–Trinajstić information content (AvgIpc) is 2.14. The lowest BCUT2D eigenvalue weighted by molar-refractivity contribution is -0.0572.